The highest BCUT2D eigenvalue weighted by atomic mass is 79.9. The molecule has 4 nitrogen and oxygen atoms in total. The molecule has 0 saturated heterocycles. The second kappa shape index (κ2) is 7.32. The van der Waals surface area contributed by atoms with E-state index in [1.165, 1.54) is 0 Å². The van der Waals surface area contributed by atoms with Crippen LogP contribution in [0.2, 0.25) is 0 Å². The summed E-state index contributed by atoms with van der Waals surface area (Å²) in [5.74, 6) is -3.63. The molecule has 0 aliphatic heterocycles. The zero-order valence-electron chi connectivity index (χ0n) is 11.9. The van der Waals surface area contributed by atoms with E-state index in [2.05, 4.69) is 21.2 Å². The number of hydrogen-bond acceptors (Lipinski definition) is 2. The van der Waals surface area contributed by atoms with Crippen molar-refractivity contribution in [2.45, 2.75) is 12.5 Å². The van der Waals surface area contributed by atoms with Crippen molar-refractivity contribution in [3.63, 3.8) is 0 Å². The second-order valence-corrected chi connectivity index (χ2v) is 5.71. The summed E-state index contributed by atoms with van der Waals surface area (Å²) in [6.45, 7) is 0. The molecule has 0 aliphatic rings. The summed E-state index contributed by atoms with van der Waals surface area (Å²) in [7, 11) is 0. The number of carbonyl (C=O) groups is 2. The summed E-state index contributed by atoms with van der Waals surface area (Å²) in [5, 5.41) is 2.43. The fourth-order valence-electron chi connectivity index (χ4n) is 1.99. The fourth-order valence-corrected chi connectivity index (χ4v) is 2.43. The first kappa shape index (κ1) is 17.1. The van der Waals surface area contributed by atoms with Crippen LogP contribution in [0.1, 0.15) is 15.9 Å². The van der Waals surface area contributed by atoms with E-state index in [1.54, 1.807) is 18.2 Å². The zero-order valence-corrected chi connectivity index (χ0v) is 13.4. The van der Waals surface area contributed by atoms with E-state index in [-0.39, 0.29) is 12.0 Å². The summed E-state index contributed by atoms with van der Waals surface area (Å²) in [4.78, 5) is 23.6. The van der Waals surface area contributed by atoms with Crippen LogP contribution in [0, 0.1) is 11.6 Å². The van der Waals surface area contributed by atoms with Gasteiger partial charge in [-0.3, -0.25) is 9.59 Å². The summed E-state index contributed by atoms with van der Waals surface area (Å²) >= 11 is 3.35. The molecule has 0 spiro atoms. The third-order valence-electron chi connectivity index (χ3n) is 3.21. The Morgan fingerprint density at radius 3 is 2.43 bits per heavy atom. The molecule has 2 amide bonds. The molecule has 0 radical (unpaired) electrons. The van der Waals surface area contributed by atoms with E-state index in [4.69, 9.17) is 5.73 Å². The van der Waals surface area contributed by atoms with Crippen LogP contribution in [-0.4, -0.2) is 17.9 Å². The maximum Gasteiger partial charge on any atom is 0.252 e. The van der Waals surface area contributed by atoms with Crippen LogP contribution in [0.5, 0.6) is 0 Å². The van der Waals surface area contributed by atoms with Crippen molar-refractivity contribution in [2.24, 2.45) is 5.73 Å². The lowest BCUT2D eigenvalue weighted by atomic mass is 10.0. The van der Waals surface area contributed by atoms with Crippen LogP contribution >= 0.6 is 15.9 Å². The number of hydrogen-bond donors (Lipinski definition) is 2. The standard InChI is InChI=1S/C16H13BrF2N2O2/c17-11-4-2-1-3-9(11)8-14(15(20)22)21-16(23)10-5-6-12(18)13(19)7-10/h1-7,14H,8H2,(H2,20,22)(H,21,23)/t14-/m0/s1. The average Bonchev–Trinajstić information content (AvgIpc) is 2.51. The predicted octanol–water partition coefficient (Wildman–Crippen LogP) is 2.55. The summed E-state index contributed by atoms with van der Waals surface area (Å²) in [6, 6.07) is 8.94. The Morgan fingerprint density at radius 1 is 1.13 bits per heavy atom. The van der Waals surface area contributed by atoms with Gasteiger partial charge in [-0.15, -0.1) is 0 Å². The van der Waals surface area contributed by atoms with Crippen LogP contribution in [0.25, 0.3) is 0 Å². The number of rotatable bonds is 5. The summed E-state index contributed by atoms with van der Waals surface area (Å²) in [5.41, 5.74) is 6.00. The molecule has 3 N–H and O–H groups in total. The fraction of sp³-hybridized carbons (Fsp3) is 0.125. The lowest BCUT2D eigenvalue weighted by Gasteiger charge is -2.16. The number of halogens is 3. The first-order valence-corrected chi connectivity index (χ1v) is 7.46. The molecule has 0 heterocycles. The number of benzene rings is 2. The predicted molar refractivity (Wildman–Crippen MR) is 84.7 cm³/mol. The van der Waals surface area contributed by atoms with Gasteiger partial charge < -0.3 is 11.1 Å². The molecule has 0 fully saturated rings. The molecule has 0 aliphatic carbocycles. The highest BCUT2D eigenvalue weighted by Crippen LogP contribution is 2.18. The maximum atomic E-state index is 13.2. The van der Waals surface area contributed by atoms with Crippen LogP contribution < -0.4 is 11.1 Å². The summed E-state index contributed by atoms with van der Waals surface area (Å²) < 4.78 is 26.9. The molecule has 0 aromatic heterocycles. The second-order valence-electron chi connectivity index (χ2n) is 4.85. The largest absolute Gasteiger partial charge is 0.368 e. The minimum Gasteiger partial charge on any atom is -0.368 e. The van der Waals surface area contributed by atoms with E-state index in [0.717, 1.165) is 28.2 Å². The van der Waals surface area contributed by atoms with Crippen molar-refractivity contribution < 1.29 is 18.4 Å². The molecular formula is C16H13BrF2N2O2. The molecule has 0 bridgehead atoms. The van der Waals surface area contributed by atoms with Gasteiger partial charge in [-0.2, -0.15) is 0 Å². The Hall–Kier alpha value is -2.28. The number of nitrogens with two attached hydrogens (primary N) is 1. The zero-order chi connectivity index (χ0) is 17.0. The minimum absolute atomic E-state index is 0.0951. The van der Waals surface area contributed by atoms with E-state index < -0.39 is 29.5 Å². The van der Waals surface area contributed by atoms with Gasteiger partial charge in [0.1, 0.15) is 6.04 Å². The smallest absolute Gasteiger partial charge is 0.252 e. The monoisotopic (exact) mass is 382 g/mol. The van der Waals surface area contributed by atoms with E-state index in [0.29, 0.717) is 0 Å². The van der Waals surface area contributed by atoms with Crippen molar-refractivity contribution in [3.05, 3.63) is 69.7 Å². The van der Waals surface area contributed by atoms with Gasteiger partial charge in [0.05, 0.1) is 0 Å². The normalized spacial score (nSPS) is 11.8. The number of carbonyl (C=O) groups excluding carboxylic acids is 2. The molecule has 7 heteroatoms. The molecular weight excluding hydrogens is 370 g/mol. The number of nitrogens with one attached hydrogen (secondary N) is 1. The van der Waals surface area contributed by atoms with E-state index in [9.17, 15) is 18.4 Å². The van der Waals surface area contributed by atoms with Gasteiger partial charge in [-0.05, 0) is 29.8 Å². The highest BCUT2D eigenvalue weighted by Gasteiger charge is 2.21. The summed E-state index contributed by atoms with van der Waals surface area (Å²) in [6.07, 6.45) is 0.173. The maximum absolute atomic E-state index is 13.2. The van der Waals surface area contributed by atoms with Gasteiger partial charge in [0.15, 0.2) is 11.6 Å². The Kier molecular flexibility index (Phi) is 5.44. The molecule has 2 aromatic carbocycles. The quantitative estimate of drug-likeness (QED) is 0.833. The molecule has 0 unspecified atom stereocenters. The van der Waals surface area contributed by atoms with Crippen molar-refractivity contribution in [2.75, 3.05) is 0 Å². The van der Waals surface area contributed by atoms with Gasteiger partial charge in [0.2, 0.25) is 5.91 Å². The lowest BCUT2D eigenvalue weighted by molar-refractivity contribution is -0.119. The molecule has 2 rings (SSSR count). The van der Waals surface area contributed by atoms with Crippen LogP contribution in [-0.2, 0) is 11.2 Å². The van der Waals surface area contributed by atoms with Gasteiger partial charge in [-0.25, -0.2) is 8.78 Å². The Balaban J connectivity index is 2.16. The van der Waals surface area contributed by atoms with Gasteiger partial charge in [-0.1, -0.05) is 34.1 Å². The van der Waals surface area contributed by atoms with Crippen molar-refractivity contribution in [3.8, 4) is 0 Å². The van der Waals surface area contributed by atoms with Crippen LogP contribution in [0.3, 0.4) is 0 Å². The highest BCUT2D eigenvalue weighted by molar-refractivity contribution is 9.10. The first-order valence-electron chi connectivity index (χ1n) is 6.67. The molecule has 0 saturated carbocycles. The number of primary amides is 1. The third-order valence-corrected chi connectivity index (χ3v) is 3.99. The molecule has 2 aromatic rings. The average molecular weight is 383 g/mol. The Morgan fingerprint density at radius 2 is 1.83 bits per heavy atom. The molecule has 1 atom stereocenters. The first-order chi connectivity index (χ1) is 10.9. The van der Waals surface area contributed by atoms with E-state index in [1.807, 2.05) is 6.07 Å². The SMILES string of the molecule is NC(=O)[C@H](Cc1ccccc1Br)NC(=O)c1ccc(F)c(F)c1. The number of amides is 2. The molecule has 23 heavy (non-hydrogen) atoms. The van der Waals surface area contributed by atoms with Crippen LogP contribution in [0.15, 0.2) is 46.9 Å². The van der Waals surface area contributed by atoms with Crippen molar-refractivity contribution in [1.29, 1.82) is 0 Å². The van der Waals surface area contributed by atoms with E-state index >= 15 is 0 Å². The lowest BCUT2D eigenvalue weighted by Crippen LogP contribution is -2.45. The minimum atomic E-state index is -1.14. The van der Waals surface area contributed by atoms with Crippen LogP contribution in [0.4, 0.5) is 8.78 Å². The molecule has 120 valence electrons. The third kappa shape index (κ3) is 4.35. The topological polar surface area (TPSA) is 72.2 Å². The Bertz CT molecular complexity index is 753. The van der Waals surface area contributed by atoms with Gasteiger partial charge in [0, 0.05) is 16.5 Å². The van der Waals surface area contributed by atoms with Gasteiger partial charge >= 0.3 is 0 Å². The van der Waals surface area contributed by atoms with Crippen molar-refractivity contribution in [1.82, 2.24) is 5.32 Å². The Labute approximate surface area is 139 Å². The van der Waals surface area contributed by atoms with Gasteiger partial charge in [0.25, 0.3) is 5.91 Å². The van der Waals surface area contributed by atoms with Crippen molar-refractivity contribution >= 4 is 27.7 Å².